The third-order valence-electron chi connectivity index (χ3n) is 5.65. The smallest absolute Gasteiger partial charge is 0.255 e. The summed E-state index contributed by atoms with van der Waals surface area (Å²) in [6.45, 7) is 2.48. The van der Waals surface area contributed by atoms with Crippen LogP contribution in [0.5, 0.6) is 5.75 Å². The lowest BCUT2D eigenvalue weighted by molar-refractivity contribution is 0.0939. The minimum Gasteiger partial charge on any atom is -0.493 e. The van der Waals surface area contributed by atoms with Gasteiger partial charge in [0.1, 0.15) is 5.75 Å². The molecule has 0 bridgehead atoms. The molecule has 0 heterocycles. The molecule has 176 valence electrons. The van der Waals surface area contributed by atoms with Crippen molar-refractivity contribution in [1.29, 1.82) is 0 Å². The van der Waals surface area contributed by atoms with Gasteiger partial charge >= 0.3 is 0 Å². The molecule has 0 saturated carbocycles. The van der Waals surface area contributed by atoms with Crippen LogP contribution in [-0.2, 0) is 6.42 Å². The van der Waals surface area contributed by atoms with Crippen molar-refractivity contribution in [3.8, 4) is 5.75 Å². The lowest BCUT2D eigenvalue weighted by atomic mass is 10.1. The van der Waals surface area contributed by atoms with E-state index in [2.05, 4.69) is 22.8 Å². The molecule has 4 aromatic carbocycles. The van der Waals surface area contributed by atoms with E-state index in [9.17, 15) is 9.59 Å². The molecule has 5 heteroatoms. The van der Waals surface area contributed by atoms with E-state index >= 15 is 0 Å². The van der Waals surface area contributed by atoms with Gasteiger partial charge in [0.05, 0.1) is 12.6 Å². The second kappa shape index (κ2) is 11.7. The third kappa shape index (κ3) is 6.81. The standard InChI is InChI=1S/C30H28N2O3/c1-22(24-11-6-3-7-12-24)31-29(33)25-15-17-27(18-16-25)32-30(34)26-13-8-14-28(21-26)35-20-19-23-9-4-2-5-10-23/h2-18,21-22H,19-20H2,1H3,(H,31,33)(H,32,34). The van der Waals surface area contributed by atoms with Gasteiger partial charge in [-0.05, 0) is 60.5 Å². The largest absolute Gasteiger partial charge is 0.493 e. The van der Waals surface area contributed by atoms with Gasteiger partial charge in [-0.15, -0.1) is 0 Å². The summed E-state index contributed by atoms with van der Waals surface area (Å²) < 4.78 is 5.83. The first-order valence-corrected chi connectivity index (χ1v) is 11.6. The molecular formula is C30H28N2O3. The highest BCUT2D eigenvalue weighted by atomic mass is 16.5. The van der Waals surface area contributed by atoms with E-state index in [1.807, 2.05) is 61.5 Å². The zero-order chi connectivity index (χ0) is 24.5. The Hall–Kier alpha value is -4.38. The van der Waals surface area contributed by atoms with Gasteiger partial charge in [0, 0.05) is 23.2 Å². The van der Waals surface area contributed by atoms with E-state index in [1.165, 1.54) is 5.56 Å². The van der Waals surface area contributed by atoms with Crippen LogP contribution in [0, 0.1) is 0 Å². The summed E-state index contributed by atoms with van der Waals surface area (Å²) in [6.07, 6.45) is 0.793. The van der Waals surface area contributed by atoms with Crippen LogP contribution in [0.3, 0.4) is 0 Å². The monoisotopic (exact) mass is 464 g/mol. The maximum atomic E-state index is 12.7. The Morgan fingerprint density at radius 1 is 0.743 bits per heavy atom. The zero-order valence-corrected chi connectivity index (χ0v) is 19.6. The van der Waals surface area contributed by atoms with E-state index in [0.717, 1.165) is 12.0 Å². The van der Waals surface area contributed by atoms with Crippen molar-refractivity contribution in [2.75, 3.05) is 11.9 Å². The summed E-state index contributed by atoms with van der Waals surface area (Å²) in [5.74, 6) is 0.237. The van der Waals surface area contributed by atoms with E-state index < -0.39 is 0 Å². The van der Waals surface area contributed by atoms with Gasteiger partial charge in [0.25, 0.3) is 11.8 Å². The minimum absolute atomic E-state index is 0.106. The summed E-state index contributed by atoms with van der Waals surface area (Å²) in [6, 6.07) is 33.8. The number of hydrogen-bond acceptors (Lipinski definition) is 3. The Labute approximate surface area is 205 Å². The lowest BCUT2D eigenvalue weighted by Crippen LogP contribution is -2.26. The molecule has 4 aromatic rings. The predicted octanol–water partition coefficient (Wildman–Crippen LogP) is 6.05. The molecule has 0 aliphatic heterocycles. The second-order valence-corrected chi connectivity index (χ2v) is 8.25. The number of anilines is 1. The van der Waals surface area contributed by atoms with Crippen molar-refractivity contribution in [2.24, 2.45) is 0 Å². The van der Waals surface area contributed by atoms with Crippen LogP contribution in [0.25, 0.3) is 0 Å². The summed E-state index contributed by atoms with van der Waals surface area (Å²) in [4.78, 5) is 25.3. The van der Waals surface area contributed by atoms with Gasteiger partial charge in [0.2, 0.25) is 0 Å². The number of ether oxygens (including phenoxy) is 1. The number of amides is 2. The van der Waals surface area contributed by atoms with Crippen LogP contribution < -0.4 is 15.4 Å². The van der Waals surface area contributed by atoms with E-state index in [4.69, 9.17) is 4.74 Å². The molecule has 1 atom stereocenters. The van der Waals surface area contributed by atoms with Gasteiger partial charge < -0.3 is 15.4 Å². The first-order valence-electron chi connectivity index (χ1n) is 11.6. The van der Waals surface area contributed by atoms with Gasteiger partial charge in [-0.2, -0.15) is 0 Å². The van der Waals surface area contributed by atoms with Crippen molar-refractivity contribution in [3.63, 3.8) is 0 Å². The van der Waals surface area contributed by atoms with Crippen molar-refractivity contribution < 1.29 is 14.3 Å². The highest BCUT2D eigenvalue weighted by Gasteiger charge is 2.12. The van der Waals surface area contributed by atoms with Crippen molar-refractivity contribution in [3.05, 3.63) is 131 Å². The topological polar surface area (TPSA) is 67.4 Å². The Kier molecular flexibility index (Phi) is 7.92. The molecule has 0 fully saturated rings. The molecule has 5 nitrogen and oxygen atoms in total. The van der Waals surface area contributed by atoms with Crippen LogP contribution in [0.4, 0.5) is 5.69 Å². The minimum atomic E-state index is -0.242. The normalized spacial score (nSPS) is 11.3. The Bertz CT molecular complexity index is 1260. The van der Waals surface area contributed by atoms with E-state index in [0.29, 0.717) is 29.2 Å². The first kappa shape index (κ1) is 23.8. The van der Waals surface area contributed by atoms with Crippen molar-refractivity contribution >= 4 is 17.5 Å². The highest BCUT2D eigenvalue weighted by molar-refractivity contribution is 6.04. The molecule has 0 aliphatic carbocycles. The van der Waals surface area contributed by atoms with Crippen LogP contribution in [-0.4, -0.2) is 18.4 Å². The molecule has 2 amide bonds. The Morgan fingerprint density at radius 3 is 2.14 bits per heavy atom. The number of hydrogen-bond donors (Lipinski definition) is 2. The molecule has 0 spiro atoms. The molecule has 0 radical (unpaired) electrons. The fourth-order valence-electron chi connectivity index (χ4n) is 3.67. The Morgan fingerprint density at radius 2 is 1.43 bits per heavy atom. The number of benzene rings is 4. The quantitative estimate of drug-likeness (QED) is 0.317. The molecule has 0 aliphatic rings. The van der Waals surface area contributed by atoms with Gasteiger partial charge in [-0.1, -0.05) is 66.7 Å². The number of nitrogens with one attached hydrogen (secondary N) is 2. The van der Waals surface area contributed by atoms with Crippen LogP contribution in [0.15, 0.2) is 109 Å². The SMILES string of the molecule is CC(NC(=O)c1ccc(NC(=O)c2cccc(OCCc3ccccc3)c2)cc1)c1ccccc1. The van der Waals surface area contributed by atoms with Gasteiger partial charge in [-0.25, -0.2) is 0 Å². The third-order valence-corrected chi connectivity index (χ3v) is 5.65. The number of rotatable bonds is 9. The van der Waals surface area contributed by atoms with Crippen molar-refractivity contribution in [2.45, 2.75) is 19.4 Å². The fourth-order valence-corrected chi connectivity index (χ4v) is 3.67. The fraction of sp³-hybridized carbons (Fsp3) is 0.133. The predicted molar refractivity (Wildman–Crippen MR) is 139 cm³/mol. The van der Waals surface area contributed by atoms with Gasteiger partial charge in [0.15, 0.2) is 0 Å². The molecular weight excluding hydrogens is 436 g/mol. The average molecular weight is 465 g/mol. The maximum Gasteiger partial charge on any atom is 0.255 e. The number of carbonyl (C=O) groups is 2. The summed E-state index contributed by atoms with van der Waals surface area (Å²) in [5.41, 5.74) is 3.88. The van der Waals surface area contributed by atoms with E-state index in [-0.39, 0.29) is 17.9 Å². The molecule has 0 saturated heterocycles. The van der Waals surface area contributed by atoms with Gasteiger partial charge in [-0.3, -0.25) is 9.59 Å². The highest BCUT2D eigenvalue weighted by Crippen LogP contribution is 2.17. The summed E-state index contributed by atoms with van der Waals surface area (Å²) in [5, 5.41) is 5.87. The Balaban J connectivity index is 1.31. The average Bonchev–Trinajstić information content (AvgIpc) is 2.90. The maximum absolute atomic E-state index is 12.7. The second-order valence-electron chi connectivity index (χ2n) is 8.25. The molecule has 2 N–H and O–H groups in total. The van der Waals surface area contributed by atoms with Crippen molar-refractivity contribution in [1.82, 2.24) is 5.32 Å². The van der Waals surface area contributed by atoms with E-state index in [1.54, 1.807) is 42.5 Å². The molecule has 35 heavy (non-hydrogen) atoms. The number of carbonyl (C=O) groups excluding carboxylic acids is 2. The first-order chi connectivity index (χ1) is 17.1. The van der Waals surface area contributed by atoms with Crippen LogP contribution in [0.2, 0.25) is 0 Å². The molecule has 4 rings (SSSR count). The zero-order valence-electron chi connectivity index (χ0n) is 19.6. The molecule has 1 unspecified atom stereocenters. The molecule has 0 aromatic heterocycles. The van der Waals surface area contributed by atoms with Crippen LogP contribution >= 0.6 is 0 Å². The lowest BCUT2D eigenvalue weighted by Gasteiger charge is -2.14. The summed E-state index contributed by atoms with van der Waals surface area (Å²) >= 11 is 0. The van der Waals surface area contributed by atoms with Crippen LogP contribution in [0.1, 0.15) is 44.8 Å². The summed E-state index contributed by atoms with van der Waals surface area (Å²) in [7, 11) is 0.